The first-order valence-electron chi connectivity index (χ1n) is 22.6. The molecule has 58 heavy (non-hydrogen) atoms. The van der Waals surface area contributed by atoms with Gasteiger partial charge in [-0.25, -0.2) is 4.79 Å². The van der Waals surface area contributed by atoms with E-state index < -0.39 is 75.3 Å². The van der Waals surface area contributed by atoms with Crippen molar-refractivity contribution in [2.75, 3.05) is 26.4 Å². The van der Waals surface area contributed by atoms with Crippen molar-refractivity contribution >= 4 is 17.7 Å². The number of epoxide rings is 1. The van der Waals surface area contributed by atoms with Gasteiger partial charge in [0.05, 0.1) is 42.0 Å². The Morgan fingerprint density at radius 2 is 1.74 bits per heavy atom. The fourth-order valence-electron chi connectivity index (χ4n) is 15.7. The molecule has 5 N–H and O–H groups in total. The van der Waals surface area contributed by atoms with E-state index in [1.807, 2.05) is 19.9 Å². The van der Waals surface area contributed by atoms with Gasteiger partial charge in [0.2, 0.25) is 0 Å². The summed E-state index contributed by atoms with van der Waals surface area (Å²) >= 11 is 0. The predicted octanol–water partition coefficient (Wildman–Crippen LogP) is 4.04. The van der Waals surface area contributed by atoms with Crippen molar-refractivity contribution in [3.05, 3.63) is 23.7 Å². The van der Waals surface area contributed by atoms with Gasteiger partial charge < -0.3 is 49.3 Å². The van der Waals surface area contributed by atoms with Crippen molar-refractivity contribution in [1.29, 1.82) is 0 Å². The number of aliphatic hydroxyl groups is 3. The predicted molar refractivity (Wildman–Crippen MR) is 207 cm³/mol. The number of rotatable bonds is 11. The number of hydrogen-bond acceptors (Lipinski definition) is 13. The summed E-state index contributed by atoms with van der Waals surface area (Å²) in [7, 11) is 0. The van der Waals surface area contributed by atoms with Gasteiger partial charge in [-0.15, -0.1) is 0 Å². The lowest BCUT2D eigenvalue weighted by molar-refractivity contribution is -0.282. The van der Waals surface area contributed by atoms with Gasteiger partial charge in [0.15, 0.2) is 11.9 Å². The van der Waals surface area contributed by atoms with Crippen LogP contribution in [0.25, 0.3) is 0 Å². The average Bonchev–Trinajstić information content (AvgIpc) is 3.89. The third-order valence-electron chi connectivity index (χ3n) is 17.9. The highest BCUT2D eigenvalue weighted by atomic mass is 16.7. The number of cyclic esters (lactones) is 2. The smallest absolute Gasteiger partial charge is 0.339 e. The third kappa shape index (κ3) is 5.04. The summed E-state index contributed by atoms with van der Waals surface area (Å²) in [5.41, 5.74) is -5.29. The SMILES string of the molecule is CC1(C)O[C@H]2C3(CCCC3)C(=O)OC[C@@]23[C@@H]1C(=O)[C@@H](O)[C@]1(C2CCCC2)[C@@H]3CC[C@@]2(C)[C@H](c3ccoc3C[C@H](CCCC[C@H]3CNCN3)[C@H](O)CO)OC(=O)[C@H]3O[C@@]312. The molecule has 0 aromatic carbocycles. The van der Waals surface area contributed by atoms with E-state index in [-0.39, 0.29) is 42.7 Å². The van der Waals surface area contributed by atoms with Gasteiger partial charge in [0.1, 0.15) is 30.2 Å². The number of carbonyl (C=O) groups excluding carboxylic acids is 3. The van der Waals surface area contributed by atoms with Crippen molar-refractivity contribution in [3.8, 4) is 0 Å². The standard InChI is InChI=1S/C45H64N2O11/c1-40(2)33-32(50)34(51)44(26-11-5-6-12-26)31(43(33)23-55-39(53)42(38(43)58-40)16-8-9-17-42)14-18-41(3)35(56-37(52)36-45(41,44)57-36)28-15-19-54-30(28)20-25(29(49)22-48)10-4-7-13-27-21-46-24-47-27/h15,19,25-27,29,31,33-36,38,46-49,51H,4-14,16-18,20-24H2,1-3H3/t25-,27-,29+,31+,33+,34+,35-,36+,38-,41-,43+,44-,45+/m0/s1. The van der Waals surface area contributed by atoms with Crippen LogP contribution >= 0.6 is 0 Å². The maximum atomic E-state index is 15.4. The monoisotopic (exact) mass is 808 g/mol. The van der Waals surface area contributed by atoms with Crippen molar-refractivity contribution in [2.45, 2.75) is 165 Å². The number of carbonyl (C=O) groups is 3. The molecule has 3 spiro atoms. The molecule has 6 heterocycles. The van der Waals surface area contributed by atoms with E-state index in [0.29, 0.717) is 55.9 Å². The molecule has 4 saturated carbocycles. The Morgan fingerprint density at radius 1 is 0.966 bits per heavy atom. The van der Waals surface area contributed by atoms with Crippen LogP contribution < -0.4 is 10.6 Å². The summed E-state index contributed by atoms with van der Waals surface area (Å²) in [6.07, 6.45) is 8.51. The average molecular weight is 809 g/mol. The largest absolute Gasteiger partial charge is 0.469 e. The molecule has 0 radical (unpaired) electrons. The van der Waals surface area contributed by atoms with Crippen LogP contribution in [0.2, 0.25) is 0 Å². The Kier molecular flexibility index (Phi) is 9.46. The normalized spacial score (nSPS) is 44.5. The summed E-state index contributed by atoms with van der Waals surface area (Å²) in [6.45, 7) is 7.44. The van der Waals surface area contributed by atoms with Crippen LogP contribution in [0.15, 0.2) is 16.7 Å². The van der Waals surface area contributed by atoms with E-state index in [1.54, 1.807) is 6.26 Å². The van der Waals surface area contributed by atoms with E-state index in [9.17, 15) is 24.9 Å². The van der Waals surface area contributed by atoms with Crippen LogP contribution in [0, 0.1) is 45.3 Å². The topological polar surface area (TPSA) is 189 Å². The second kappa shape index (κ2) is 13.8. The van der Waals surface area contributed by atoms with E-state index in [1.165, 1.54) is 0 Å². The minimum absolute atomic E-state index is 0.0454. The fourth-order valence-corrected chi connectivity index (χ4v) is 15.7. The number of esters is 2. The van der Waals surface area contributed by atoms with Crippen molar-refractivity contribution < 1.29 is 53.1 Å². The Hall–Kier alpha value is -2.39. The minimum atomic E-state index is -1.42. The zero-order valence-electron chi connectivity index (χ0n) is 34.5. The molecule has 1 aromatic rings. The molecule has 10 rings (SSSR count). The van der Waals surface area contributed by atoms with Gasteiger partial charge in [0, 0.05) is 47.5 Å². The Morgan fingerprint density at radius 3 is 2.47 bits per heavy atom. The molecular weight excluding hydrogens is 744 g/mol. The maximum Gasteiger partial charge on any atom is 0.339 e. The molecule has 0 unspecified atom stereocenters. The second-order valence-electron chi connectivity index (χ2n) is 20.7. The number of aliphatic hydroxyl groups excluding tert-OH is 3. The summed E-state index contributed by atoms with van der Waals surface area (Å²) in [5, 5.41) is 41.1. The van der Waals surface area contributed by atoms with E-state index in [2.05, 4.69) is 17.6 Å². The molecule has 0 bridgehead atoms. The molecule has 4 aliphatic carbocycles. The third-order valence-corrected chi connectivity index (χ3v) is 17.9. The lowest BCUT2D eigenvalue weighted by Gasteiger charge is -2.70. The number of ketones is 1. The molecular formula is C45H64N2O11. The molecule has 0 amide bonds. The quantitative estimate of drug-likeness (QED) is 0.123. The fraction of sp³-hybridized carbons (Fsp3) is 0.844. The molecule has 1 aromatic heterocycles. The molecule has 5 saturated heterocycles. The highest BCUT2D eigenvalue weighted by molar-refractivity contribution is 5.92. The zero-order chi connectivity index (χ0) is 40.5. The van der Waals surface area contributed by atoms with Crippen LogP contribution in [-0.2, 0) is 39.8 Å². The Bertz CT molecular complexity index is 1800. The second-order valence-corrected chi connectivity index (χ2v) is 20.7. The first-order chi connectivity index (χ1) is 27.8. The molecule has 9 fully saturated rings. The summed E-state index contributed by atoms with van der Waals surface area (Å²) < 4.78 is 33.1. The molecule has 320 valence electrons. The van der Waals surface area contributed by atoms with Gasteiger partial charge in [0.25, 0.3) is 0 Å². The Balaban J connectivity index is 1.05. The molecule has 13 atom stereocenters. The lowest BCUT2D eigenvalue weighted by atomic mass is 9.32. The van der Waals surface area contributed by atoms with Crippen molar-refractivity contribution in [2.24, 2.45) is 45.3 Å². The van der Waals surface area contributed by atoms with Crippen molar-refractivity contribution in [3.63, 3.8) is 0 Å². The lowest BCUT2D eigenvalue weighted by Crippen LogP contribution is -2.79. The van der Waals surface area contributed by atoms with Crippen LogP contribution in [0.5, 0.6) is 0 Å². The van der Waals surface area contributed by atoms with E-state index in [0.717, 1.165) is 71.0 Å². The van der Waals surface area contributed by atoms with Gasteiger partial charge >= 0.3 is 11.9 Å². The highest BCUT2D eigenvalue weighted by Gasteiger charge is 2.93. The van der Waals surface area contributed by atoms with Crippen LogP contribution in [-0.4, -0.2) is 101 Å². The first-order valence-corrected chi connectivity index (χ1v) is 22.6. The molecule has 9 aliphatic rings. The van der Waals surface area contributed by atoms with Gasteiger partial charge in [-0.3, -0.25) is 9.59 Å². The zero-order valence-corrected chi connectivity index (χ0v) is 34.5. The highest BCUT2D eigenvalue weighted by Crippen LogP contribution is 2.83. The Labute approximate surface area is 341 Å². The number of Topliss-reactive ketones (excluding diaryl/α,β-unsaturated/α-hetero) is 1. The number of unbranched alkanes of at least 4 members (excludes halogenated alkanes) is 1. The van der Waals surface area contributed by atoms with E-state index >= 15 is 4.79 Å². The van der Waals surface area contributed by atoms with Crippen molar-refractivity contribution in [1.82, 2.24) is 10.6 Å². The maximum absolute atomic E-state index is 15.4. The van der Waals surface area contributed by atoms with Crippen LogP contribution in [0.1, 0.15) is 128 Å². The number of ether oxygens (including phenoxy) is 4. The van der Waals surface area contributed by atoms with Gasteiger partial charge in [-0.1, -0.05) is 45.4 Å². The summed E-state index contributed by atoms with van der Waals surface area (Å²) in [6, 6.07) is 2.29. The minimum Gasteiger partial charge on any atom is -0.469 e. The number of nitrogens with one attached hydrogen (secondary N) is 2. The molecule has 13 nitrogen and oxygen atoms in total. The van der Waals surface area contributed by atoms with Gasteiger partial charge in [-0.2, -0.15) is 0 Å². The van der Waals surface area contributed by atoms with E-state index in [4.69, 9.17) is 23.4 Å². The number of fused-ring (bicyclic) bond motifs is 2. The number of furan rings is 1. The first kappa shape index (κ1) is 39.7. The molecule has 5 aliphatic heterocycles. The summed E-state index contributed by atoms with van der Waals surface area (Å²) in [4.78, 5) is 43.9. The van der Waals surface area contributed by atoms with Crippen LogP contribution in [0.4, 0.5) is 0 Å². The number of hydrogen-bond donors (Lipinski definition) is 5. The van der Waals surface area contributed by atoms with Gasteiger partial charge in [-0.05, 0) is 89.0 Å². The summed E-state index contributed by atoms with van der Waals surface area (Å²) in [5.74, 6) is -1.86. The molecule has 13 heteroatoms. The van der Waals surface area contributed by atoms with Crippen LogP contribution in [0.3, 0.4) is 0 Å².